The molecule has 0 aliphatic rings. The number of nitrogens with zero attached hydrogens (tertiary/aromatic N) is 1. The van der Waals surface area contributed by atoms with Crippen LogP contribution < -0.4 is 5.73 Å². The first-order valence-corrected chi connectivity index (χ1v) is 7.25. The number of hydrogen-bond donors (Lipinski definition) is 3. The summed E-state index contributed by atoms with van der Waals surface area (Å²) in [4.78, 5) is 11.3. The first-order chi connectivity index (χ1) is 10.1. The first kappa shape index (κ1) is 15.5. The Bertz CT molecular complexity index is 646. The molecular formula is C16H22N2O3. The van der Waals surface area contributed by atoms with Crippen molar-refractivity contribution in [1.82, 2.24) is 4.57 Å². The van der Waals surface area contributed by atoms with E-state index in [4.69, 9.17) is 10.8 Å². The van der Waals surface area contributed by atoms with Crippen molar-refractivity contribution in [2.45, 2.75) is 32.7 Å². The number of fused-ring (bicyclic) bond motifs is 1. The van der Waals surface area contributed by atoms with Crippen molar-refractivity contribution < 1.29 is 15.0 Å². The third-order valence-electron chi connectivity index (χ3n) is 3.75. The fraction of sp³-hybridized carbons (Fsp3) is 0.438. The Morgan fingerprint density at radius 1 is 1.33 bits per heavy atom. The van der Waals surface area contributed by atoms with Crippen LogP contribution in [0.1, 0.15) is 34.3 Å². The minimum absolute atomic E-state index is 0.132. The summed E-state index contributed by atoms with van der Waals surface area (Å²) >= 11 is 0. The fourth-order valence-corrected chi connectivity index (χ4v) is 2.66. The van der Waals surface area contributed by atoms with Gasteiger partial charge in [0.1, 0.15) is 0 Å². The summed E-state index contributed by atoms with van der Waals surface area (Å²) in [5.41, 5.74) is 8.80. The first-order valence-electron chi connectivity index (χ1n) is 7.25. The molecule has 0 aliphatic heterocycles. The van der Waals surface area contributed by atoms with Crippen LogP contribution in [0.4, 0.5) is 0 Å². The maximum Gasteiger partial charge on any atom is 0.335 e. The second-order valence-corrected chi connectivity index (χ2v) is 5.31. The Hall–Kier alpha value is -1.85. The summed E-state index contributed by atoms with van der Waals surface area (Å²) in [6, 6.07) is 3.68. The van der Waals surface area contributed by atoms with E-state index in [0.29, 0.717) is 18.5 Å². The summed E-state index contributed by atoms with van der Waals surface area (Å²) in [5.74, 6) is -0.905. The van der Waals surface area contributed by atoms with Gasteiger partial charge in [-0.15, -0.1) is 0 Å². The Morgan fingerprint density at radius 3 is 2.71 bits per heavy atom. The SMILES string of the molecule is Cc1cc2c(cc1C(=O)O)c(CCCO)cn2CCCN. The number of benzene rings is 1. The van der Waals surface area contributed by atoms with Crippen LogP contribution in [0.25, 0.3) is 10.9 Å². The number of aryl methyl sites for hydroxylation is 3. The van der Waals surface area contributed by atoms with Gasteiger partial charge in [0.25, 0.3) is 0 Å². The molecule has 0 amide bonds. The molecule has 4 N–H and O–H groups in total. The van der Waals surface area contributed by atoms with E-state index in [-0.39, 0.29) is 6.61 Å². The molecule has 1 aromatic carbocycles. The molecule has 2 rings (SSSR count). The molecule has 1 aromatic heterocycles. The van der Waals surface area contributed by atoms with Gasteiger partial charge in [0.2, 0.25) is 0 Å². The highest BCUT2D eigenvalue weighted by atomic mass is 16.4. The largest absolute Gasteiger partial charge is 0.478 e. The van der Waals surface area contributed by atoms with E-state index < -0.39 is 5.97 Å². The van der Waals surface area contributed by atoms with Gasteiger partial charge < -0.3 is 20.5 Å². The van der Waals surface area contributed by atoms with E-state index in [2.05, 4.69) is 10.8 Å². The van der Waals surface area contributed by atoms with Crippen molar-refractivity contribution in [2.24, 2.45) is 5.73 Å². The second-order valence-electron chi connectivity index (χ2n) is 5.31. The zero-order valence-corrected chi connectivity index (χ0v) is 12.3. The Kier molecular flexibility index (Phi) is 4.98. The minimum Gasteiger partial charge on any atom is -0.478 e. The topological polar surface area (TPSA) is 88.5 Å². The van der Waals surface area contributed by atoms with E-state index in [1.54, 1.807) is 6.07 Å². The molecule has 21 heavy (non-hydrogen) atoms. The average Bonchev–Trinajstić information content (AvgIpc) is 2.78. The number of carboxylic acids is 1. The summed E-state index contributed by atoms with van der Waals surface area (Å²) < 4.78 is 2.13. The smallest absolute Gasteiger partial charge is 0.335 e. The zero-order valence-electron chi connectivity index (χ0n) is 12.3. The lowest BCUT2D eigenvalue weighted by molar-refractivity contribution is 0.0696. The number of aromatic carboxylic acids is 1. The second kappa shape index (κ2) is 6.74. The number of carbonyl (C=O) groups is 1. The van der Waals surface area contributed by atoms with Crippen molar-refractivity contribution in [3.63, 3.8) is 0 Å². The predicted molar refractivity (Wildman–Crippen MR) is 82.7 cm³/mol. The highest BCUT2D eigenvalue weighted by Gasteiger charge is 2.14. The molecule has 0 spiro atoms. The molecule has 0 saturated heterocycles. The molecule has 0 bridgehead atoms. The van der Waals surface area contributed by atoms with E-state index in [1.807, 2.05) is 13.0 Å². The van der Waals surface area contributed by atoms with E-state index in [0.717, 1.165) is 41.4 Å². The molecule has 0 unspecified atom stereocenters. The molecule has 0 saturated carbocycles. The minimum atomic E-state index is -0.905. The van der Waals surface area contributed by atoms with Crippen LogP contribution in [-0.2, 0) is 13.0 Å². The monoisotopic (exact) mass is 290 g/mol. The van der Waals surface area contributed by atoms with Gasteiger partial charge in [-0.05, 0) is 56.0 Å². The van der Waals surface area contributed by atoms with Crippen molar-refractivity contribution >= 4 is 16.9 Å². The molecule has 0 fully saturated rings. The van der Waals surface area contributed by atoms with Gasteiger partial charge in [-0.2, -0.15) is 0 Å². The van der Waals surface area contributed by atoms with Crippen LogP contribution in [0.3, 0.4) is 0 Å². The normalized spacial score (nSPS) is 11.2. The van der Waals surface area contributed by atoms with E-state index in [9.17, 15) is 9.90 Å². The summed E-state index contributed by atoms with van der Waals surface area (Å²) in [6.07, 6.45) is 4.35. The number of hydrogen-bond acceptors (Lipinski definition) is 3. The standard InChI is InChI=1S/C16H22N2O3/c1-11-8-15-14(9-13(11)16(20)21)12(4-2-7-19)10-18(15)6-3-5-17/h8-10,19H,2-7,17H2,1H3,(H,20,21). The van der Waals surface area contributed by atoms with Crippen LogP contribution >= 0.6 is 0 Å². The predicted octanol–water partition coefficient (Wildman–Crippen LogP) is 1.92. The fourth-order valence-electron chi connectivity index (χ4n) is 2.66. The summed E-state index contributed by atoms with van der Waals surface area (Å²) in [7, 11) is 0. The van der Waals surface area contributed by atoms with Crippen molar-refractivity contribution in [2.75, 3.05) is 13.2 Å². The number of rotatable bonds is 7. The number of carboxylic acid groups (broad SMARTS) is 1. The molecule has 5 nitrogen and oxygen atoms in total. The summed E-state index contributed by atoms with van der Waals surface area (Å²) in [6.45, 7) is 3.39. The maximum absolute atomic E-state index is 11.3. The van der Waals surface area contributed by atoms with Gasteiger partial charge in [-0.3, -0.25) is 0 Å². The molecule has 2 aromatic rings. The Labute approximate surface area is 124 Å². The summed E-state index contributed by atoms with van der Waals surface area (Å²) in [5, 5.41) is 19.3. The van der Waals surface area contributed by atoms with Crippen LogP contribution in [-0.4, -0.2) is 33.9 Å². The quantitative estimate of drug-likeness (QED) is 0.727. The molecule has 0 radical (unpaired) electrons. The van der Waals surface area contributed by atoms with Gasteiger partial charge in [0, 0.05) is 30.3 Å². The van der Waals surface area contributed by atoms with Crippen LogP contribution in [0.5, 0.6) is 0 Å². The molecule has 0 atom stereocenters. The number of aliphatic hydroxyl groups is 1. The van der Waals surface area contributed by atoms with Crippen molar-refractivity contribution in [1.29, 1.82) is 0 Å². The lowest BCUT2D eigenvalue weighted by atomic mass is 10.0. The van der Waals surface area contributed by atoms with E-state index >= 15 is 0 Å². The maximum atomic E-state index is 11.3. The lowest BCUT2D eigenvalue weighted by Crippen LogP contribution is -2.05. The van der Waals surface area contributed by atoms with Crippen molar-refractivity contribution in [3.8, 4) is 0 Å². The number of aliphatic hydroxyl groups excluding tert-OH is 1. The molecule has 1 heterocycles. The van der Waals surface area contributed by atoms with Crippen LogP contribution in [0, 0.1) is 6.92 Å². The molecule has 5 heteroatoms. The van der Waals surface area contributed by atoms with Crippen LogP contribution in [0.2, 0.25) is 0 Å². The third kappa shape index (κ3) is 3.25. The van der Waals surface area contributed by atoms with Gasteiger partial charge in [-0.25, -0.2) is 4.79 Å². The average molecular weight is 290 g/mol. The molecule has 0 aliphatic carbocycles. The number of nitrogens with two attached hydrogens (primary N) is 1. The Morgan fingerprint density at radius 2 is 2.10 bits per heavy atom. The van der Waals surface area contributed by atoms with Gasteiger partial charge in [-0.1, -0.05) is 0 Å². The van der Waals surface area contributed by atoms with Crippen molar-refractivity contribution in [3.05, 3.63) is 35.0 Å². The van der Waals surface area contributed by atoms with Gasteiger partial charge in [0.15, 0.2) is 0 Å². The number of aromatic nitrogens is 1. The van der Waals surface area contributed by atoms with Crippen LogP contribution in [0.15, 0.2) is 18.3 Å². The zero-order chi connectivity index (χ0) is 15.4. The highest BCUT2D eigenvalue weighted by Crippen LogP contribution is 2.26. The van der Waals surface area contributed by atoms with Gasteiger partial charge in [0.05, 0.1) is 5.56 Å². The lowest BCUT2D eigenvalue weighted by Gasteiger charge is -2.06. The molecule has 114 valence electrons. The Balaban J connectivity index is 2.54. The third-order valence-corrected chi connectivity index (χ3v) is 3.75. The van der Waals surface area contributed by atoms with Gasteiger partial charge >= 0.3 is 5.97 Å². The van der Waals surface area contributed by atoms with E-state index in [1.165, 1.54) is 0 Å². The highest BCUT2D eigenvalue weighted by molar-refractivity contribution is 5.96. The molecular weight excluding hydrogens is 268 g/mol.